The summed E-state index contributed by atoms with van der Waals surface area (Å²) in [5.74, 6) is 6.10. The smallest absolute Gasteiger partial charge is 0.218 e. The first-order chi connectivity index (χ1) is 9.25. The van der Waals surface area contributed by atoms with E-state index in [0.717, 1.165) is 11.1 Å². The lowest BCUT2D eigenvalue weighted by Gasteiger charge is -2.11. The number of nitrogens with one attached hydrogen (secondary N) is 1. The Morgan fingerprint density at radius 1 is 1.00 bits per heavy atom. The third kappa shape index (κ3) is 4.01. The predicted octanol–water partition coefficient (Wildman–Crippen LogP) is 2.92. The molecule has 1 N–H and O–H groups in total. The van der Waals surface area contributed by atoms with E-state index in [1.807, 2.05) is 60.7 Å². The molecule has 94 valence electrons. The number of carbonyl (C=O) groups excluding carboxylic acids is 1. The molecule has 0 aliphatic rings. The van der Waals surface area contributed by atoms with Gasteiger partial charge in [0.1, 0.15) is 6.04 Å². The highest BCUT2D eigenvalue weighted by Gasteiger charge is 2.08. The molecule has 0 aliphatic carbocycles. The second kappa shape index (κ2) is 6.42. The van der Waals surface area contributed by atoms with Crippen LogP contribution < -0.4 is 5.32 Å². The SMILES string of the molecule is CC(=O)NC(C#Cc1ccccc1)c1ccccc1. The maximum atomic E-state index is 11.3. The van der Waals surface area contributed by atoms with Crippen molar-refractivity contribution >= 4 is 5.91 Å². The van der Waals surface area contributed by atoms with Crippen LogP contribution in [0.15, 0.2) is 60.7 Å². The van der Waals surface area contributed by atoms with Gasteiger partial charge >= 0.3 is 0 Å². The fraction of sp³-hybridized carbons (Fsp3) is 0.118. The van der Waals surface area contributed by atoms with E-state index in [1.54, 1.807) is 0 Å². The first-order valence-electron chi connectivity index (χ1n) is 6.14. The number of hydrogen-bond donors (Lipinski definition) is 1. The lowest BCUT2D eigenvalue weighted by atomic mass is 10.1. The zero-order valence-electron chi connectivity index (χ0n) is 10.8. The molecule has 2 rings (SSSR count). The normalized spacial score (nSPS) is 11.0. The van der Waals surface area contributed by atoms with Crippen molar-refractivity contribution in [3.63, 3.8) is 0 Å². The molecule has 0 aromatic heterocycles. The highest BCUT2D eigenvalue weighted by molar-refractivity contribution is 5.74. The van der Waals surface area contributed by atoms with Gasteiger partial charge in [0, 0.05) is 12.5 Å². The van der Waals surface area contributed by atoms with Gasteiger partial charge in [0.2, 0.25) is 5.91 Å². The van der Waals surface area contributed by atoms with Gasteiger partial charge in [-0.25, -0.2) is 0 Å². The number of benzene rings is 2. The number of carbonyl (C=O) groups is 1. The summed E-state index contributed by atoms with van der Waals surface area (Å²) in [6, 6.07) is 19.2. The fourth-order valence-electron chi connectivity index (χ4n) is 1.73. The lowest BCUT2D eigenvalue weighted by molar-refractivity contribution is -0.119. The summed E-state index contributed by atoms with van der Waals surface area (Å²) < 4.78 is 0. The van der Waals surface area contributed by atoms with E-state index in [-0.39, 0.29) is 11.9 Å². The fourth-order valence-corrected chi connectivity index (χ4v) is 1.73. The number of amides is 1. The molecule has 0 saturated heterocycles. The molecule has 1 unspecified atom stereocenters. The molecule has 0 aliphatic heterocycles. The Morgan fingerprint density at radius 3 is 2.16 bits per heavy atom. The zero-order chi connectivity index (χ0) is 13.5. The lowest BCUT2D eigenvalue weighted by Crippen LogP contribution is -2.24. The van der Waals surface area contributed by atoms with E-state index in [4.69, 9.17) is 0 Å². The van der Waals surface area contributed by atoms with Crippen LogP contribution in [0, 0.1) is 11.8 Å². The Bertz CT molecular complexity index is 593. The topological polar surface area (TPSA) is 29.1 Å². The molecule has 2 nitrogen and oxygen atoms in total. The van der Waals surface area contributed by atoms with Gasteiger partial charge in [-0.1, -0.05) is 60.4 Å². The standard InChI is InChI=1S/C17H15NO/c1-14(19)18-17(16-10-6-3-7-11-16)13-12-15-8-4-2-5-9-15/h2-11,17H,1H3,(H,18,19). The van der Waals surface area contributed by atoms with Gasteiger partial charge in [-0.15, -0.1) is 0 Å². The summed E-state index contributed by atoms with van der Waals surface area (Å²) in [6.07, 6.45) is 0. The monoisotopic (exact) mass is 249 g/mol. The maximum Gasteiger partial charge on any atom is 0.218 e. The van der Waals surface area contributed by atoms with Crippen LogP contribution in [0.3, 0.4) is 0 Å². The van der Waals surface area contributed by atoms with Gasteiger partial charge in [0.05, 0.1) is 0 Å². The molecular formula is C17H15NO. The van der Waals surface area contributed by atoms with Crippen molar-refractivity contribution in [2.24, 2.45) is 0 Å². The van der Waals surface area contributed by atoms with Gasteiger partial charge in [0.25, 0.3) is 0 Å². The van der Waals surface area contributed by atoms with Crippen LogP contribution in [-0.4, -0.2) is 5.91 Å². The van der Waals surface area contributed by atoms with Crippen LogP contribution in [0.5, 0.6) is 0 Å². The highest BCUT2D eigenvalue weighted by Crippen LogP contribution is 2.11. The summed E-state index contributed by atoms with van der Waals surface area (Å²) in [5.41, 5.74) is 1.93. The second-order valence-electron chi connectivity index (χ2n) is 4.18. The predicted molar refractivity (Wildman–Crippen MR) is 76.3 cm³/mol. The van der Waals surface area contributed by atoms with Crippen LogP contribution in [0.1, 0.15) is 24.1 Å². The molecule has 0 bridgehead atoms. The molecule has 0 saturated carbocycles. The first kappa shape index (κ1) is 12.9. The van der Waals surface area contributed by atoms with Crippen molar-refractivity contribution < 1.29 is 4.79 Å². The second-order valence-corrected chi connectivity index (χ2v) is 4.18. The third-order valence-electron chi connectivity index (χ3n) is 2.62. The number of hydrogen-bond acceptors (Lipinski definition) is 1. The molecule has 0 radical (unpaired) electrons. The molecule has 19 heavy (non-hydrogen) atoms. The molecule has 2 aromatic rings. The Balaban J connectivity index is 2.25. The molecule has 1 atom stereocenters. The highest BCUT2D eigenvalue weighted by atomic mass is 16.1. The van der Waals surface area contributed by atoms with Gasteiger partial charge in [-0.05, 0) is 17.7 Å². The minimum Gasteiger partial charge on any atom is -0.339 e. The number of rotatable bonds is 2. The summed E-state index contributed by atoms with van der Waals surface area (Å²) in [7, 11) is 0. The van der Waals surface area contributed by atoms with Crippen LogP contribution in [-0.2, 0) is 4.79 Å². The quantitative estimate of drug-likeness (QED) is 0.815. The maximum absolute atomic E-state index is 11.3. The average Bonchev–Trinajstić information content (AvgIpc) is 2.45. The van der Waals surface area contributed by atoms with E-state index in [2.05, 4.69) is 17.2 Å². The summed E-state index contributed by atoms with van der Waals surface area (Å²) in [4.78, 5) is 11.3. The van der Waals surface area contributed by atoms with Gasteiger partial charge in [0.15, 0.2) is 0 Å². The molecule has 1 amide bonds. The molecule has 0 fully saturated rings. The molecule has 0 heterocycles. The van der Waals surface area contributed by atoms with E-state index in [1.165, 1.54) is 6.92 Å². The van der Waals surface area contributed by atoms with Crippen LogP contribution in [0.25, 0.3) is 0 Å². The van der Waals surface area contributed by atoms with Gasteiger partial charge in [-0.2, -0.15) is 0 Å². The Morgan fingerprint density at radius 2 is 1.58 bits per heavy atom. The van der Waals surface area contributed by atoms with Crippen molar-refractivity contribution in [2.45, 2.75) is 13.0 Å². The summed E-state index contributed by atoms with van der Waals surface area (Å²) in [6.45, 7) is 1.50. The molecule has 0 spiro atoms. The van der Waals surface area contributed by atoms with Crippen LogP contribution in [0.2, 0.25) is 0 Å². The average molecular weight is 249 g/mol. The van der Waals surface area contributed by atoms with Crippen molar-refractivity contribution in [3.05, 3.63) is 71.8 Å². The summed E-state index contributed by atoms with van der Waals surface area (Å²) in [5, 5.41) is 2.85. The van der Waals surface area contributed by atoms with Crippen molar-refractivity contribution in [2.75, 3.05) is 0 Å². The van der Waals surface area contributed by atoms with Crippen molar-refractivity contribution in [1.29, 1.82) is 0 Å². The van der Waals surface area contributed by atoms with E-state index >= 15 is 0 Å². The third-order valence-corrected chi connectivity index (χ3v) is 2.62. The van der Waals surface area contributed by atoms with Crippen molar-refractivity contribution in [1.82, 2.24) is 5.32 Å². The van der Waals surface area contributed by atoms with E-state index in [9.17, 15) is 4.79 Å². The van der Waals surface area contributed by atoms with Crippen LogP contribution >= 0.6 is 0 Å². The minimum absolute atomic E-state index is 0.0868. The van der Waals surface area contributed by atoms with Gasteiger partial charge < -0.3 is 5.32 Å². The largest absolute Gasteiger partial charge is 0.339 e. The van der Waals surface area contributed by atoms with Crippen molar-refractivity contribution in [3.8, 4) is 11.8 Å². The van der Waals surface area contributed by atoms with Crippen LogP contribution in [0.4, 0.5) is 0 Å². The minimum atomic E-state index is -0.279. The van der Waals surface area contributed by atoms with Gasteiger partial charge in [-0.3, -0.25) is 4.79 Å². The molecule has 2 aromatic carbocycles. The summed E-state index contributed by atoms with van der Waals surface area (Å²) >= 11 is 0. The Kier molecular flexibility index (Phi) is 4.36. The first-order valence-corrected chi connectivity index (χ1v) is 6.14. The zero-order valence-corrected chi connectivity index (χ0v) is 10.8. The molecular weight excluding hydrogens is 234 g/mol. The Hall–Kier alpha value is -2.53. The Labute approximate surface area is 113 Å². The molecule has 2 heteroatoms. The van der Waals surface area contributed by atoms with E-state index in [0.29, 0.717) is 0 Å². The van der Waals surface area contributed by atoms with E-state index < -0.39 is 0 Å².